The van der Waals surface area contributed by atoms with Gasteiger partial charge in [0.2, 0.25) is 5.91 Å². The van der Waals surface area contributed by atoms with Gasteiger partial charge in [0, 0.05) is 44.6 Å². The van der Waals surface area contributed by atoms with Crippen LogP contribution in [-0.4, -0.2) is 70.9 Å². The van der Waals surface area contributed by atoms with Crippen LogP contribution in [0.5, 0.6) is 0 Å². The number of hydrogen-bond acceptors (Lipinski definition) is 4. The second kappa shape index (κ2) is 10.0. The molecule has 2 saturated heterocycles. The van der Waals surface area contributed by atoms with E-state index in [1.807, 2.05) is 12.4 Å². The van der Waals surface area contributed by atoms with Crippen molar-refractivity contribution in [2.75, 3.05) is 33.2 Å². The molecular weight excluding hydrogens is 360 g/mol. The summed E-state index contributed by atoms with van der Waals surface area (Å²) in [6, 6.07) is 5.38. The number of aromatic nitrogens is 1. The maximum Gasteiger partial charge on any atom is 0.226 e. The molecule has 4 rings (SSSR count). The summed E-state index contributed by atoms with van der Waals surface area (Å²) >= 11 is 0. The van der Waals surface area contributed by atoms with Crippen LogP contribution in [0.2, 0.25) is 0 Å². The molecule has 1 atom stereocenters. The van der Waals surface area contributed by atoms with E-state index in [-0.39, 0.29) is 5.92 Å². The minimum Gasteiger partial charge on any atom is -0.342 e. The van der Waals surface area contributed by atoms with Crippen molar-refractivity contribution in [2.24, 2.45) is 5.92 Å². The van der Waals surface area contributed by atoms with Crippen LogP contribution < -0.4 is 0 Å². The van der Waals surface area contributed by atoms with E-state index in [1.54, 1.807) is 0 Å². The summed E-state index contributed by atoms with van der Waals surface area (Å²) in [4.78, 5) is 24.6. The van der Waals surface area contributed by atoms with Crippen LogP contribution >= 0.6 is 0 Å². The smallest absolute Gasteiger partial charge is 0.226 e. The Kier molecular flexibility index (Phi) is 7.20. The lowest BCUT2D eigenvalue weighted by Gasteiger charge is -2.43. The Labute approximate surface area is 176 Å². The number of carbonyl (C=O) groups excluding carboxylic acids is 1. The van der Waals surface area contributed by atoms with Gasteiger partial charge in [0.1, 0.15) is 0 Å². The van der Waals surface area contributed by atoms with Gasteiger partial charge in [0.05, 0.1) is 5.92 Å². The topological polar surface area (TPSA) is 39.7 Å². The molecule has 0 aromatic carbocycles. The Bertz CT molecular complexity index is 638. The molecule has 0 radical (unpaired) electrons. The monoisotopic (exact) mass is 398 g/mol. The largest absolute Gasteiger partial charge is 0.342 e. The minimum absolute atomic E-state index is 0.213. The number of piperidine rings is 2. The quantitative estimate of drug-likeness (QED) is 0.760. The summed E-state index contributed by atoms with van der Waals surface area (Å²) in [5.41, 5.74) is 1.35. The van der Waals surface area contributed by atoms with Crippen molar-refractivity contribution in [1.29, 1.82) is 0 Å². The van der Waals surface area contributed by atoms with Gasteiger partial charge < -0.3 is 4.90 Å². The molecule has 1 amide bonds. The first kappa shape index (κ1) is 20.8. The van der Waals surface area contributed by atoms with Gasteiger partial charge in [-0.05, 0) is 75.9 Å². The first-order valence-corrected chi connectivity index (χ1v) is 11.8. The summed E-state index contributed by atoms with van der Waals surface area (Å²) < 4.78 is 0. The molecular formula is C24H38N4O. The highest BCUT2D eigenvalue weighted by Gasteiger charge is 2.34. The van der Waals surface area contributed by atoms with E-state index >= 15 is 0 Å². The fourth-order valence-electron chi connectivity index (χ4n) is 5.66. The lowest BCUT2D eigenvalue weighted by Crippen LogP contribution is -2.52. The maximum atomic E-state index is 13.2. The molecule has 1 unspecified atom stereocenters. The molecule has 1 aromatic rings. The lowest BCUT2D eigenvalue weighted by atomic mass is 9.90. The zero-order valence-corrected chi connectivity index (χ0v) is 18.1. The van der Waals surface area contributed by atoms with Crippen LogP contribution in [0.4, 0.5) is 0 Å². The number of nitrogens with zero attached hydrogens (tertiary/aromatic N) is 4. The van der Waals surface area contributed by atoms with Gasteiger partial charge in [-0.25, -0.2) is 0 Å². The SMILES string of the molecule is CN(C(=O)C1CCCN(C2CCN(Cc3ccncc3)CC2)C1)C1CCCCC1. The molecule has 1 aliphatic carbocycles. The standard InChI is InChI=1S/C24H38N4O/c1-26(22-7-3-2-4-8-22)24(29)21-6-5-15-28(19-21)23-11-16-27(17-12-23)18-20-9-13-25-14-10-20/h9-10,13-14,21-23H,2-8,11-12,15-19H2,1H3. The zero-order valence-electron chi connectivity index (χ0n) is 18.1. The van der Waals surface area contributed by atoms with Crippen molar-refractivity contribution >= 4 is 5.91 Å². The molecule has 5 nitrogen and oxygen atoms in total. The second-order valence-electron chi connectivity index (χ2n) is 9.44. The van der Waals surface area contributed by atoms with Gasteiger partial charge >= 0.3 is 0 Å². The Hall–Kier alpha value is -1.46. The molecule has 0 bridgehead atoms. The predicted octanol–water partition coefficient (Wildman–Crippen LogP) is 3.55. The van der Waals surface area contributed by atoms with E-state index in [9.17, 15) is 4.79 Å². The molecule has 3 heterocycles. The van der Waals surface area contributed by atoms with Crippen molar-refractivity contribution in [3.05, 3.63) is 30.1 Å². The highest BCUT2D eigenvalue weighted by molar-refractivity contribution is 5.79. The van der Waals surface area contributed by atoms with E-state index in [0.717, 1.165) is 32.6 Å². The minimum atomic E-state index is 0.213. The zero-order chi connectivity index (χ0) is 20.1. The summed E-state index contributed by atoms with van der Waals surface area (Å²) in [7, 11) is 2.06. The van der Waals surface area contributed by atoms with Crippen molar-refractivity contribution in [1.82, 2.24) is 19.7 Å². The molecule has 3 fully saturated rings. The van der Waals surface area contributed by atoms with E-state index in [0.29, 0.717) is 18.0 Å². The summed E-state index contributed by atoms with van der Waals surface area (Å²) in [6.07, 6.45) is 14.8. The molecule has 5 heteroatoms. The third kappa shape index (κ3) is 5.37. The number of amides is 1. The second-order valence-corrected chi connectivity index (χ2v) is 9.44. The number of carbonyl (C=O) groups is 1. The van der Waals surface area contributed by atoms with Crippen LogP contribution in [0.15, 0.2) is 24.5 Å². The average Bonchev–Trinajstić information content (AvgIpc) is 2.80. The highest BCUT2D eigenvalue weighted by atomic mass is 16.2. The highest BCUT2D eigenvalue weighted by Crippen LogP contribution is 2.28. The molecule has 2 aliphatic heterocycles. The molecule has 29 heavy (non-hydrogen) atoms. The van der Waals surface area contributed by atoms with Gasteiger partial charge in [-0.15, -0.1) is 0 Å². The molecule has 160 valence electrons. The lowest BCUT2D eigenvalue weighted by molar-refractivity contribution is -0.139. The third-order valence-electron chi connectivity index (χ3n) is 7.50. The van der Waals surface area contributed by atoms with Crippen LogP contribution in [0.1, 0.15) is 63.4 Å². The van der Waals surface area contributed by atoms with E-state index in [2.05, 4.69) is 38.9 Å². The van der Waals surface area contributed by atoms with Crippen LogP contribution in [0.25, 0.3) is 0 Å². The number of pyridine rings is 1. The molecule has 1 saturated carbocycles. The fraction of sp³-hybridized carbons (Fsp3) is 0.750. The molecule has 0 N–H and O–H groups in total. The van der Waals surface area contributed by atoms with Gasteiger partial charge in [-0.3, -0.25) is 19.6 Å². The number of likely N-dealkylation sites (tertiary alicyclic amines) is 2. The van der Waals surface area contributed by atoms with E-state index in [4.69, 9.17) is 0 Å². The first-order chi connectivity index (χ1) is 14.2. The Morgan fingerprint density at radius 2 is 1.72 bits per heavy atom. The maximum absolute atomic E-state index is 13.2. The summed E-state index contributed by atoms with van der Waals surface area (Å²) in [5.74, 6) is 0.627. The van der Waals surface area contributed by atoms with E-state index < -0.39 is 0 Å². The van der Waals surface area contributed by atoms with Crippen LogP contribution in [0.3, 0.4) is 0 Å². The molecule has 3 aliphatic rings. The van der Waals surface area contributed by atoms with Gasteiger partial charge in [0.25, 0.3) is 0 Å². The Morgan fingerprint density at radius 1 is 1.00 bits per heavy atom. The molecule has 1 aromatic heterocycles. The van der Waals surface area contributed by atoms with Gasteiger partial charge in [-0.1, -0.05) is 19.3 Å². The Morgan fingerprint density at radius 3 is 2.45 bits per heavy atom. The van der Waals surface area contributed by atoms with Crippen LogP contribution in [-0.2, 0) is 11.3 Å². The molecule has 0 spiro atoms. The first-order valence-electron chi connectivity index (χ1n) is 11.8. The third-order valence-corrected chi connectivity index (χ3v) is 7.50. The van der Waals surface area contributed by atoms with Crippen molar-refractivity contribution in [3.63, 3.8) is 0 Å². The average molecular weight is 399 g/mol. The van der Waals surface area contributed by atoms with E-state index in [1.165, 1.54) is 63.5 Å². The van der Waals surface area contributed by atoms with Gasteiger partial charge in [0.15, 0.2) is 0 Å². The summed E-state index contributed by atoms with van der Waals surface area (Å²) in [6.45, 7) is 5.49. The summed E-state index contributed by atoms with van der Waals surface area (Å²) in [5, 5.41) is 0. The van der Waals surface area contributed by atoms with Crippen molar-refractivity contribution < 1.29 is 4.79 Å². The van der Waals surface area contributed by atoms with Crippen molar-refractivity contribution in [2.45, 2.75) is 76.4 Å². The fourth-order valence-corrected chi connectivity index (χ4v) is 5.66. The van der Waals surface area contributed by atoms with Crippen molar-refractivity contribution in [3.8, 4) is 0 Å². The normalized spacial score (nSPS) is 25.8. The number of hydrogen-bond donors (Lipinski definition) is 0. The Balaban J connectivity index is 1.26. The number of rotatable bonds is 5. The van der Waals surface area contributed by atoms with Gasteiger partial charge in [-0.2, -0.15) is 0 Å². The predicted molar refractivity (Wildman–Crippen MR) is 116 cm³/mol. The van der Waals surface area contributed by atoms with Crippen LogP contribution in [0, 0.1) is 5.92 Å².